The number of carbonyl (C=O) groups is 1. The maximum Gasteiger partial charge on any atom is 0.355 e. The van der Waals surface area contributed by atoms with E-state index < -0.39 is 11.5 Å². The second kappa shape index (κ2) is 12.5. The molecule has 1 atom stereocenters. The summed E-state index contributed by atoms with van der Waals surface area (Å²) in [5.74, 6) is -0.370. The lowest BCUT2D eigenvalue weighted by Crippen LogP contribution is -2.54. The minimum absolute atomic E-state index is 0.0450. The number of benzene rings is 1. The van der Waals surface area contributed by atoms with E-state index >= 15 is 4.39 Å². The molecule has 1 saturated heterocycles. The first-order valence-corrected chi connectivity index (χ1v) is 14.8. The van der Waals surface area contributed by atoms with Crippen molar-refractivity contribution in [2.75, 3.05) is 30.3 Å². The second-order valence-electron chi connectivity index (χ2n) is 10.6. The zero-order valence-corrected chi connectivity index (χ0v) is 25.2. The Balaban J connectivity index is 1.84. The van der Waals surface area contributed by atoms with Gasteiger partial charge in [0.25, 0.3) is 0 Å². The van der Waals surface area contributed by atoms with E-state index in [0.717, 1.165) is 12.8 Å². The molecule has 43 heavy (non-hydrogen) atoms. The minimum atomic E-state index is -0.588. The number of aryl methyl sites for hydroxylation is 2. The topological polar surface area (TPSA) is 123 Å². The van der Waals surface area contributed by atoms with Crippen LogP contribution >= 0.6 is 11.6 Å². The van der Waals surface area contributed by atoms with E-state index in [1.807, 2.05) is 25.7 Å². The Kier molecular flexibility index (Phi) is 8.72. The smallest absolute Gasteiger partial charge is 0.355 e. The molecule has 0 bridgehead atoms. The fourth-order valence-electron chi connectivity index (χ4n) is 5.65. The Morgan fingerprint density at radius 3 is 2.47 bits per heavy atom. The third-order valence-electron chi connectivity index (χ3n) is 7.64. The quantitative estimate of drug-likeness (QED) is 0.226. The van der Waals surface area contributed by atoms with Gasteiger partial charge in [-0.25, -0.2) is 28.7 Å². The SMILES string of the molecule is C=CC(=O)N1CCN(c2nc(=O)n(-c3c(CCC)ncnc3CCC)c3nc(-c4c(N)cccc4F)c(Cl)cc23)[C@@H](C)C1. The highest BCUT2D eigenvalue weighted by molar-refractivity contribution is 6.34. The number of halogens is 2. The monoisotopic (exact) mass is 604 g/mol. The average molecular weight is 605 g/mol. The highest BCUT2D eigenvalue weighted by atomic mass is 35.5. The molecule has 4 aromatic rings. The molecule has 5 rings (SSSR count). The van der Waals surface area contributed by atoms with E-state index in [0.29, 0.717) is 60.8 Å². The van der Waals surface area contributed by atoms with Gasteiger partial charge < -0.3 is 15.5 Å². The van der Waals surface area contributed by atoms with Crippen LogP contribution in [0.1, 0.15) is 45.0 Å². The number of carbonyl (C=O) groups excluding carboxylic acids is 1. The molecular formula is C31H34ClFN8O2. The summed E-state index contributed by atoms with van der Waals surface area (Å²) >= 11 is 6.81. The van der Waals surface area contributed by atoms with Gasteiger partial charge >= 0.3 is 5.69 Å². The van der Waals surface area contributed by atoms with E-state index in [-0.39, 0.29) is 39.6 Å². The van der Waals surface area contributed by atoms with Gasteiger partial charge in [-0.3, -0.25) is 4.79 Å². The number of nitrogens with zero attached hydrogens (tertiary/aromatic N) is 7. The summed E-state index contributed by atoms with van der Waals surface area (Å²) in [6.45, 7) is 10.9. The lowest BCUT2D eigenvalue weighted by molar-refractivity contribution is -0.126. The van der Waals surface area contributed by atoms with Crippen LogP contribution in [0.25, 0.3) is 28.0 Å². The molecule has 1 fully saturated rings. The zero-order valence-electron chi connectivity index (χ0n) is 24.5. The second-order valence-corrected chi connectivity index (χ2v) is 11.0. The molecule has 0 spiro atoms. The van der Waals surface area contributed by atoms with E-state index in [1.54, 1.807) is 17.0 Å². The molecule has 0 radical (unpaired) electrons. The highest BCUT2D eigenvalue weighted by Crippen LogP contribution is 2.37. The Bertz CT molecular complexity index is 1730. The highest BCUT2D eigenvalue weighted by Gasteiger charge is 2.31. The molecule has 0 aliphatic carbocycles. The summed E-state index contributed by atoms with van der Waals surface area (Å²) in [5, 5.41) is 0.643. The van der Waals surface area contributed by atoms with Crippen molar-refractivity contribution in [1.29, 1.82) is 0 Å². The van der Waals surface area contributed by atoms with Crippen molar-refractivity contribution < 1.29 is 9.18 Å². The molecule has 1 aromatic carbocycles. The number of hydrogen-bond acceptors (Lipinski definition) is 8. The van der Waals surface area contributed by atoms with Crippen LogP contribution in [0.5, 0.6) is 0 Å². The van der Waals surface area contributed by atoms with Crippen LogP contribution in [0.4, 0.5) is 15.9 Å². The first-order valence-electron chi connectivity index (χ1n) is 14.4. The normalized spacial score (nSPS) is 15.2. The molecule has 4 heterocycles. The molecule has 1 amide bonds. The number of nitrogen functional groups attached to an aromatic ring is 1. The zero-order chi connectivity index (χ0) is 30.8. The first-order chi connectivity index (χ1) is 20.7. The lowest BCUT2D eigenvalue weighted by atomic mass is 10.1. The number of hydrogen-bond donors (Lipinski definition) is 1. The molecule has 1 aliphatic heterocycles. The molecule has 0 unspecified atom stereocenters. The van der Waals surface area contributed by atoms with Crippen LogP contribution in [0, 0.1) is 5.82 Å². The number of aromatic nitrogens is 5. The standard InChI is InChI=1S/C31H34ClFN8O2/c1-5-9-23-28(24(10-6-2)36-17-35-23)41-30-19(15-20(32)27(37-30)26-21(33)11-8-12-22(26)34)29(38-31(41)43)40-14-13-39(16-18(40)4)25(42)7-3/h7-8,11-12,15,17-18H,3,5-6,9-10,13-14,16,34H2,1-2,4H3/t18-/m0/s1. The van der Waals surface area contributed by atoms with Crippen molar-refractivity contribution in [3.8, 4) is 16.9 Å². The maximum absolute atomic E-state index is 15.2. The fraction of sp³-hybridized carbons (Fsp3) is 0.355. The van der Waals surface area contributed by atoms with Gasteiger partial charge in [0.1, 0.15) is 18.0 Å². The summed E-state index contributed by atoms with van der Waals surface area (Å²) in [6, 6.07) is 5.83. The van der Waals surface area contributed by atoms with Crippen LogP contribution in [0.15, 0.2) is 48.0 Å². The van der Waals surface area contributed by atoms with Crippen molar-refractivity contribution in [2.24, 2.45) is 0 Å². The van der Waals surface area contributed by atoms with Crippen molar-refractivity contribution >= 4 is 40.0 Å². The summed E-state index contributed by atoms with van der Waals surface area (Å²) in [6.07, 6.45) is 5.57. The Morgan fingerprint density at radius 2 is 1.86 bits per heavy atom. The van der Waals surface area contributed by atoms with Crippen molar-refractivity contribution in [3.05, 3.63) is 76.0 Å². The van der Waals surface area contributed by atoms with E-state index in [9.17, 15) is 9.59 Å². The van der Waals surface area contributed by atoms with Crippen LogP contribution in [-0.2, 0) is 17.6 Å². The molecule has 1 aliphatic rings. The number of amides is 1. The van der Waals surface area contributed by atoms with Crippen LogP contribution < -0.4 is 16.3 Å². The summed E-state index contributed by atoms with van der Waals surface area (Å²) in [4.78, 5) is 48.6. The predicted octanol–water partition coefficient (Wildman–Crippen LogP) is 4.74. The van der Waals surface area contributed by atoms with Gasteiger partial charge in [-0.2, -0.15) is 4.98 Å². The van der Waals surface area contributed by atoms with E-state index in [2.05, 4.69) is 21.5 Å². The number of nitrogens with two attached hydrogens (primary N) is 1. The summed E-state index contributed by atoms with van der Waals surface area (Å²) < 4.78 is 16.6. The molecule has 10 nitrogen and oxygen atoms in total. The minimum Gasteiger partial charge on any atom is -0.398 e. The predicted molar refractivity (Wildman–Crippen MR) is 167 cm³/mol. The Hall–Kier alpha value is -4.38. The number of fused-ring (bicyclic) bond motifs is 1. The average Bonchev–Trinajstić information content (AvgIpc) is 2.98. The number of rotatable bonds is 8. The summed E-state index contributed by atoms with van der Waals surface area (Å²) in [7, 11) is 0. The Labute approximate surface area is 254 Å². The molecule has 0 saturated carbocycles. The van der Waals surface area contributed by atoms with Gasteiger partial charge in [-0.15, -0.1) is 0 Å². The summed E-state index contributed by atoms with van der Waals surface area (Å²) in [5.41, 5.74) is 8.07. The maximum atomic E-state index is 15.2. The molecule has 224 valence electrons. The van der Waals surface area contributed by atoms with E-state index in [1.165, 1.54) is 29.1 Å². The third-order valence-corrected chi connectivity index (χ3v) is 7.93. The number of piperazine rings is 1. The first kappa shape index (κ1) is 30.1. The largest absolute Gasteiger partial charge is 0.398 e. The molecule has 2 N–H and O–H groups in total. The third kappa shape index (κ3) is 5.56. The van der Waals surface area contributed by atoms with Crippen LogP contribution in [0.3, 0.4) is 0 Å². The fourth-order valence-corrected chi connectivity index (χ4v) is 5.89. The lowest BCUT2D eigenvalue weighted by Gasteiger charge is -2.40. The van der Waals surface area contributed by atoms with E-state index in [4.69, 9.17) is 22.3 Å². The van der Waals surface area contributed by atoms with Crippen molar-refractivity contribution in [3.63, 3.8) is 0 Å². The van der Waals surface area contributed by atoms with Crippen LogP contribution in [0.2, 0.25) is 5.02 Å². The van der Waals surface area contributed by atoms with Gasteiger partial charge in [-0.1, -0.05) is 50.9 Å². The van der Waals surface area contributed by atoms with Gasteiger partial charge in [0.2, 0.25) is 5.91 Å². The Morgan fingerprint density at radius 1 is 1.16 bits per heavy atom. The van der Waals surface area contributed by atoms with Crippen LogP contribution in [-0.4, -0.2) is 61.0 Å². The molecule has 3 aromatic heterocycles. The van der Waals surface area contributed by atoms with Gasteiger partial charge in [-0.05, 0) is 44.0 Å². The van der Waals surface area contributed by atoms with Crippen molar-refractivity contribution in [2.45, 2.75) is 52.5 Å². The number of anilines is 2. The van der Waals surface area contributed by atoms with Crippen molar-refractivity contribution in [1.82, 2.24) is 29.4 Å². The molecule has 12 heteroatoms. The van der Waals surface area contributed by atoms with Gasteiger partial charge in [0.15, 0.2) is 5.65 Å². The molecular weight excluding hydrogens is 571 g/mol. The number of pyridine rings is 1. The van der Waals surface area contributed by atoms with Gasteiger partial charge in [0, 0.05) is 31.4 Å². The van der Waals surface area contributed by atoms with Gasteiger partial charge in [0.05, 0.1) is 38.7 Å².